The summed E-state index contributed by atoms with van der Waals surface area (Å²) in [6.07, 6.45) is 0. The number of carbonyl (C=O) groups excluding carboxylic acids is 2. The Labute approximate surface area is 150 Å². The Morgan fingerprint density at radius 1 is 1.15 bits per heavy atom. The molecule has 0 atom stereocenters. The highest BCUT2D eigenvalue weighted by Crippen LogP contribution is 2.41. The van der Waals surface area contributed by atoms with Crippen molar-refractivity contribution >= 4 is 38.4 Å². The first-order valence-electron chi connectivity index (χ1n) is 7.91. The van der Waals surface area contributed by atoms with Gasteiger partial charge in [0.05, 0.1) is 17.2 Å². The lowest BCUT2D eigenvalue weighted by Gasteiger charge is -2.17. The van der Waals surface area contributed by atoms with E-state index in [9.17, 15) is 18.0 Å². The van der Waals surface area contributed by atoms with Crippen LogP contribution in [0.2, 0.25) is 0 Å². The van der Waals surface area contributed by atoms with Gasteiger partial charge in [0, 0.05) is 19.0 Å². The number of amides is 1. The van der Waals surface area contributed by atoms with Gasteiger partial charge in [-0.1, -0.05) is 24.3 Å². The number of nitrogens with zero attached hydrogens (tertiary/aromatic N) is 1. The second-order valence-corrected chi connectivity index (χ2v) is 7.48. The van der Waals surface area contributed by atoms with Gasteiger partial charge in [0.15, 0.2) is 6.61 Å². The minimum Gasteiger partial charge on any atom is -0.454 e. The molecule has 0 bridgehead atoms. The molecule has 0 aliphatic carbocycles. The van der Waals surface area contributed by atoms with Crippen molar-refractivity contribution in [1.82, 2.24) is 5.32 Å². The van der Waals surface area contributed by atoms with E-state index in [1.807, 2.05) is 12.1 Å². The van der Waals surface area contributed by atoms with Crippen molar-refractivity contribution in [2.75, 3.05) is 37.7 Å². The van der Waals surface area contributed by atoms with E-state index in [0.29, 0.717) is 24.2 Å². The summed E-state index contributed by atoms with van der Waals surface area (Å²) in [5, 5.41) is 3.86. The first-order chi connectivity index (χ1) is 12.4. The number of benzene rings is 2. The summed E-state index contributed by atoms with van der Waals surface area (Å²) in [4.78, 5) is 23.8. The van der Waals surface area contributed by atoms with Crippen molar-refractivity contribution in [2.24, 2.45) is 0 Å². The maximum Gasteiger partial charge on any atom is 0.327 e. The van der Waals surface area contributed by atoms with Crippen molar-refractivity contribution < 1.29 is 27.5 Å². The van der Waals surface area contributed by atoms with Crippen molar-refractivity contribution in [3.05, 3.63) is 36.4 Å². The third-order valence-corrected chi connectivity index (χ3v) is 5.75. The van der Waals surface area contributed by atoms with Crippen LogP contribution in [0.3, 0.4) is 0 Å². The molecule has 2 aromatic rings. The van der Waals surface area contributed by atoms with Crippen molar-refractivity contribution in [2.45, 2.75) is 4.90 Å². The molecule has 0 unspecified atom stereocenters. The fourth-order valence-electron chi connectivity index (χ4n) is 2.78. The minimum absolute atomic E-state index is 0.163. The number of hydrogen-bond acceptors (Lipinski definition) is 6. The monoisotopic (exact) mass is 378 g/mol. The summed E-state index contributed by atoms with van der Waals surface area (Å²) in [5.74, 6) is -1.29. The van der Waals surface area contributed by atoms with Crippen LogP contribution in [0.15, 0.2) is 41.3 Å². The Balaban J connectivity index is 1.70. The van der Waals surface area contributed by atoms with Crippen LogP contribution in [0.4, 0.5) is 5.69 Å². The second-order valence-electron chi connectivity index (χ2n) is 5.65. The fourth-order valence-corrected chi connectivity index (χ4v) is 4.44. The van der Waals surface area contributed by atoms with E-state index in [4.69, 9.17) is 9.47 Å². The summed E-state index contributed by atoms with van der Waals surface area (Å²) in [6.45, 7) is -0.340. The van der Waals surface area contributed by atoms with Gasteiger partial charge in [0.2, 0.25) is 0 Å². The van der Waals surface area contributed by atoms with Crippen LogP contribution in [-0.2, 0) is 29.1 Å². The first kappa shape index (κ1) is 18.2. The molecule has 8 nitrogen and oxygen atoms in total. The number of rotatable bonds is 7. The Morgan fingerprint density at radius 3 is 2.62 bits per heavy atom. The SMILES string of the molecule is COCCNC(=O)COC(=O)CN1c2cccc3cccc(c23)S1(=O)=O. The molecule has 2 aromatic carbocycles. The summed E-state index contributed by atoms with van der Waals surface area (Å²) in [6, 6.07) is 10.2. The Morgan fingerprint density at radius 2 is 1.88 bits per heavy atom. The number of sulfonamides is 1. The Hall–Kier alpha value is -2.65. The molecular formula is C17H18N2O6S. The average Bonchev–Trinajstić information content (AvgIpc) is 2.84. The lowest BCUT2D eigenvalue weighted by atomic mass is 10.1. The Bertz CT molecular complexity index is 952. The molecule has 1 aliphatic heterocycles. The molecule has 0 spiro atoms. The number of hydrogen-bond donors (Lipinski definition) is 1. The third-order valence-electron chi connectivity index (χ3n) is 3.95. The molecule has 0 radical (unpaired) electrons. The van der Waals surface area contributed by atoms with E-state index in [1.54, 1.807) is 18.2 Å². The lowest BCUT2D eigenvalue weighted by molar-refractivity contribution is -0.147. The average molecular weight is 378 g/mol. The van der Waals surface area contributed by atoms with Gasteiger partial charge in [-0.2, -0.15) is 0 Å². The van der Waals surface area contributed by atoms with Gasteiger partial charge in [-0.3, -0.25) is 13.9 Å². The predicted molar refractivity (Wildman–Crippen MR) is 94.3 cm³/mol. The smallest absolute Gasteiger partial charge is 0.327 e. The number of carbonyl (C=O) groups is 2. The minimum atomic E-state index is -3.83. The summed E-state index contributed by atoms with van der Waals surface area (Å²) in [7, 11) is -2.33. The molecule has 0 aromatic heterocycles. The van der Waals surface area contributed by atoms with E-state index in [1.165, 1.54) is 13.2 Å². The van der Waals surface area contributed by atoms with Gasteiger partial charge in [0.1, 0.15) is 6.54 Å². The zero-order chi connectivity index (χ0) is 18.7. The number of ether oxygens (including phenoxy) is 2. The molecule has 1 aliphatic rings. The zero-order valence-electron chi connectivity index (χ0n) is 14.1. The lowest BCUT2D eigenvalue weighted by Crippen LogP contribution is -2.36. The van der Waals surface area contributed by atoms with Crippen LogP contribution in [0.1, 0.15) is 0 Å². The number of anilines is 1. The molecule has 0 saturated carbocycles. The summed E-state index contributed by atoms with van der Waals surface area (Å²) in [5.41, 5.74) is 0.430. The fraction of sp³-hybridized carbons (Fsp3) is 0.294. The molecule has 0 saturated heterocycles. The van der Waals surface area contributed by atoms with Gasteiger partial charge in [-0.15, -0.1) is 0 Å². The second kappa shape index (κ2) is 7.30. The maximum absolute atomic E-state index is 12.7. The standard InChI is InChI=1S/C17H18N2O6S/c1-24-9-8-18-15(20)11-25-16(21)10-19-13-6-2-4-12-5-3-7-14(17(12)13)26(19,22)23/h2-7H,8-11H2,1H3,(H,18,20). The van der Waals surface area contributed by atoms with Crippen LogP contribution in [0, 0.1) is 0 Å². The molecule has 1 amide bonds. The van der Waals surface area contributed by atoms with Gasteiger partial charge in [0.25, 0.3) is 15.9 Å². The molecule has 3 rings (SSSR count). The quantitative estimate of drug-likeness (QED) is 0.561. The zero-order valence-corrected chi connectivity index (χ0v) is 14.9. The van der Waals surface area contributed by atoms with E-state index in [2.05, 4.69) is 5.32 Å². The largest absolute Gasteiger partial charge is 0.454 e. The molecule has 26 heavy (non-hydrogen) atoms. The highest BCUT2D eigenvalue weighted by atomic mass is 32.2. The maximum atomic E-state index is 12.7. The van der Waals surface area contributed by atoms with Gasteiger partial charge >= 0.3 is 5.97 Å². The van der Waals surface area contributed by atoms with Crippen LogP contribution in [0.25, 0.3) is 10.8 Å². The number of methoxy groups -OCH3 is 1. The summed E-state index contributed by atoms with van der Waals surface area (Å²) < 4.78 is 36.2. The van der Waals surface area contributed by atoms with Crippen LogP contribution in [-0.4, -0.2) is 53.7 Å². The Kier molecular flexibility index (Phi) is 5.10. The predicted octanol–water partition coefficient (Wildman–Crippen LogP) is 0.654. The normalized spacial score (nSPS) is 14.4. The van der Waals surface area contributed by atoms with Gasteiger partial charge in [-0.25, -0.2) is 8.42 Å². The van der Waals surface area contributed by atoms with Gasteiger partial charge < -0.3 is 14.8 Å². The molecule has 1 heterocycles. The highest BCUT2D eigenvalue weighted by Gasteiger charge is 2.36. The highest BCUT2D eigenvalue weighted by molar-refractivity contribution is 7.93. The van der Waals surface area contributed by atoms with E-state index >= 15 is 0 Å². The van der Waals surface area contributed by atoms with Gasteiger partial charge in [-0.05, 0) is 17.5 Å². The molecule has 0 fully saturated rings. The van der Waals surface area contributed by atoms with E-state index in [-0.39, 0.29) is 4.90 Å². The molecule has 9 heteroatoms. The molecule has 1 N–H and O–H groups in total. The van der Waals surface area contributed by atoms with Crippen LogP contribution >= 0.6 is 0 Å². The van der Waals surface area contributed by atoms with Crippen molar-refractivity contribution in [1.29, 1.82) is 0 Å². The van der Waals surface area contributed by atoms with Crippen LogP contribution in [0.5, 0.6) is 0 Å². The van der Waals surface area contributed by atoms with Crippen molar-refractivity contribution in [3.8, 4) is 0 Å². The first-order valence-corrected chi connectivity index (χ1v) is 9.35. The number of esters is 1. The van der Waals surface area contributed by atoms with E-state index < -0.39 is 35.1 Å². The molecule has 138 valence electrons. The van der Waals surface area contributed by atoms with Crippen LogP contribution < -0.4 is 9.62 Å². The molecular weight excluding hydrogens is 360 g/mol. The topological polar surface area (TPSA) is 102 Å². The number of nitrogens with one attached hydrogen (secondary N) is 1. The third kappa shape index (κ3) is 3.35. The van der Waals surface area contributed by atoms with Crippen molar-refractivity contribution in [3.63, 3.8) is 0 Å². The van der Waals surface area contributed by atoms with E-state index in [0.717, 1.165) is 9.69 Å². The summed E-state index contributed by atoms with van der Waals surface area (Å²) >= 11 is 0.